The molecular formula is C7H14N2O4. The second-order valence-corrected chi connectivity index (χ2v) is 2.57. The molecule has 3 N–H and O–H groups in total. The van der Waals surface area contributed by atoms with E-state index in [-0.39, 0.29) is 19.4 Å². The third-order valence-corrected chi connectivity index (χ3v) is 1.03. The maximum absolute atomic E-state index is 10.8. The first-order valence-corrected chi connectivity index (χ1v) is 3.83. The summed E-state index contributed by atoms with van der Waals surface area (Å²) in [4.78, 5) is 20.9. The predicted molar refractivity (Wildman–Crippen MR) is 44.8 cm³/mol. The molecule has 0 aromatic carbocycles. The van der Waals surface area contributed by atoms with Crippen LogP contribution in [0.2, 0.25) is 0 Å². The molecule has 0 bridgehead atoms. The second kappa shape index (κ2) is 6.24. The van der Waals surface area contributed by atoms with Crippen molar-refractivity contribution in [2.45, 2.75) is 20.0 Å². The zero-order valence-corrected chi connectivity index (χ0v) is 7.70. The molecule has 76 valence electrons. The Labute approximate surface area is 76.4 Å². The third-order valence-electron chi connectivity index (χ3n) is 1.03. The fourth-order valence-electron chi connectivity index (χ4n) is 0.477. The van der Waals surface area contributed by atoms with E-state index in [1.165, 1.54) is 0 Å². The lowest BCUT2D eigenvalue weighted by Crippen LogP contribution is -2.32. The first-order valence-electron chi connectivity index (χ1n) is 3.83. The van der Waals surface area contributed by atoms with Crippen molar-refractivity contribution in [2.24, 2.45) is 5.73 Å². The summed E-state index contributed by atoms with van der Waals surface area (Å²) in [5.74, 6) is -0.445. The molecule has 6 nitrogen and oxygen atoms in total. The molecule has 0 fully saturated rings. The molecule has 2 amide bonds. The molecule has 0 aromatic rings. The summed E-state index contributed by atoms with van der Waals surface area (Å²) in [5.41, 5.74) is 4.65. The summed E-state index contributed by atoms with van der Waals surface area (Å²) in [6.45, 7) is 3.40. The van der Waals surface area contributed by atoms with E-state index in [0.717, 1.165) is 0 Å². The van der Waals surface area contributed by atoms with E-state index in [0.29, 0.717) is 0 Å². The summed E-state index contributed by atoms with van der Waals surface area (Å²) in [7, 11) is 0. The highest BCUT2D eigenvalue weighted by molar-refractivity contribution is 5.79. The van der Waals surface area contributed by atoms with Gasteiger partial charge in [-0.2, -0.15) is 0 Å². The van der Waals surface area contributed by atoms with Crippen molar-refractivity contribution in [3.63, 3.8) is 0 Å². The lowest BCUT2D eigenvalue weighted by Gasteiger charge is -2.08. The standard InChI is InChI=1S/C7H14N2O4/c1-5(2)13-4-9-6(10)3-12-7(8)11/h5H,3-4H2,1-2H3,(H2,8,11)(H,9,10). The highest BCUT2D eigenvalue weighted by Crippen LogP contribution is 1.84. The third kappa shape index (κ3) is 8.61. The van der Waals surface area contributed by atoms with Gasteiger partial charge in [-0.25, -0.2) is 4.79 Å². The van der Waals surface area contributed by atoms with Crippen LogP contribution in [0.15, 0.2) is 0 Å². The monoisotopic (exact) mass is 190 g/mol. The van der Waals surface area contributed by atoms with Gasteiger partial charge in [0.1, 0.15) is 6.73 Å². The summed E-state index contributed by atoms with van der Waals surface area (Å²) in [6, 6.07) is 0. The Kier molecular flexibility index (Phi) is 5.62. The first-order chi connectivity index (χ1) is 6.02. The van der Waals surface area contributed by atoms with Crippen LogP contribution in [0.25, 0.3) is 0 Å². The molecule has 0 atom stereocenters. The van der Waals surface area contributed by atoms with Crippen LogP contribution in [0.5, 0.6) is 0 Å². The van der Waals surface area contributed by atoms with Crippen LogP contribution in [0.3, 0.4) is 0 Å². The number of nitrogens with two attached hydrogens (primary N) is 1. The molecular weight excluding hydrogens is 176 g/mol. The molecule has 13 heavy (non-hydrogen) atoms. The van der Waals surface area contributed by atoms with Crippen molar-refractivity contribution in [2.75, 3.05) is 13.3 Å². The number of carbonyl (C=O) groups excluding carboxylic acids is 2. The Bertz CT molecular complexity index is 181. The number of hydrogen-bond donors (Lipinski definition) is 2. The molecule has 0 heterocycles. The lowest BCUT2D eigenvalue weighted by atomic mass is 10.5. The minimum absolute atomic E-state index is 0.0392. The Morgan fingerprint density at radius 2 is 2.08 bits per heavy atom. The van der Waals surface area contributed by atoms with E-state index >= 15 is 0 Å². The molecule has 0 spiro atoms. The second-order valence-electron chi connectivity index (χ2n) is 2.57. The van der Waals surface area contributed by atoms with Gasteiger partial charge in [0.25, 0.3) is 5.91 Å². The van der Waals surface area contributed by atoms with E-state index in [2.05, 4.69) is 15.8 Å². The van der Waals surface area contributed by atoms with Crippen LogP contribution in [-0.4, -0.2) is 31.4 Å². The molecule has 0 unspecified atom stereocenters. The topological polar surface area (TPSA) is 90.7 Å². The fraction of sp³-hybridized carbons (Fsp3) is 0.714. The highest BCUT2D eigenvalue weighted by atomic mass is 16.5. The zero-order valence-electron chi connectivity index (χ0n) is 7.70. The molecule has 0 saturated heterocycles. The Morgan fingerprint density at radius 1 is 1.46 bits per heavy atom. The average Bonchev–Trinajstić information content (AvgIpc) is 2.00. The van der Waals surface area contributed by atoms with Gasteiger partial charge >= 0.3 is 6.09 Å². The number of ether oxygens (including phenoxy) is 2. The van der Waals surface area contributed by atoms with Gasteiger partial charge in [-0.05, 0) is 13.8 Å². The van der Waals surface area contributed by atoms with Crippen LogP contribution in [0, 0.1) is 0 Å². The van der Waals surface area contributed by atoms with E-state index < -0.39 is 12.0 Å². The minimum atomic E-state index is -0.972. The van der Waals surface area contributed by atoms with E-state index in [9.17, 15) is 9.59 Å². The highest BCUT2D eigenvalue weighted by Gasteiger charge is 2.03. The lowest BCUT2D eigenvalue weighted by molar-refractivity contribution is -0.126. The zero-order chi connectivity index (χ0) is 10.3. The van der Waals surface area contributed by atoms with Gasteiger partial charge in [-0.15, -0.1) is 0 Å². The Balaban J connectivity index is 3.36. The van der Waals surface area contributed by atoms with Crippen molar-refractivity contribution in [3.8, 4) is 0 Å². The number of amides is 2. The minimum Gasteiger partial charge on any atom is -0.440 e. The van der Waals surface area contributed by atoms with Crippen LogP contribution in [-0.2, 0) is 14.3 Å². The van der Waals surface area contributed by atoms with Crippen LogP contribution < -0.4 is 11.1 Å². The van der Waals surface area contributed by atoms with Crippen molar-refractivity contribution < 1.29 is 19.1 Å². The van der Waals surface area contributed by atoms with Crippen molar-refractivity contribution in [1.29, 1.82) is 0 Å². The number of nitrogens with one attached hydrogen (secondary N) is 1. The molecule has 0 aromatic heterocycles. The number of primary amides is 1. The average molecular weight is 190 g/mol. The molecule has 0 aliphatic heterocycles. The normalized spacial score (nSPS) is 9.77. The van der Waals surface area contributed by atoms with Gasteiger partial charge in [0.2, 0.25) is 0 Å². The van der Waals surface area contributed by atoms with Gasteiger partial charge in [0, 0.05) is 0 Å². The van der Waals surface area contributed by atoms with Gasteiger partial charge < -0.3 is 20.5 Å². The maximum Gasteiger partial charge on any atom is 0.405 e. The fourth-order valence-corrected chi connectivity index (χ4v) is 0.477. The molecule has 0 saturated carbocycles. The van der Waals surface area contributed by atoms with Crippen molar-refractivity contribution >= 4 is 12.0 Å². The van der Waals surface area contributed by atoms with Crippen molar-refractivity contribution in [3.05, 3.63) is 0 Å². The van der Waals surface area contributed by atoms with Gasteiger partial charge in [-0.3, -0.25) is 4.79 Å². The van der Waals surface area contributed by atoms with Crippen LogP contribution in [0.4, 0.5) is 4.79 Å². The van der Waals surface area contributed by atoms with Crippen LogP contribution in [0.1, 0.15) is 13.8 Å². The molecule has 0 radical (unpaired) electrons. The summed E-state index contributed by atoms with van der Waals surface area (Å²) in [6.07, 6.45) is -0.933. The number of rotatable bonds is 5. The first kappa shape index (κ1) is 11.7. The largest absolute Gasteiger partial charge is 0.440 e. The Hall–Kier alpha value is -1.30. The van der Waals surface area contributed by atoms with Crippen LogP contribution >= 0.6 is 0 Å². The van der Waals surface area contributed by atoms with Gasteiger partial charge in [-0.1, -0.05) is 0 Å². The maximum atomic E-state index is 10.8. The molecule has 0 aliphatic rings. The summed E-state index contributed by atoms with van der Waals surface area (Å²) < 4.78 is 9.25. The summed E-state index contributed by atoms with van der Waals surface area (Å²) in [5, 5.41) is 2.38. The predicted octanol–water partition coefficient (Wildman–Crippen LogP) is -0.420. The molecule has 6 heteroatoms. The van der Waals surface area contributed by atoms with E-state index in [4.69, 9.17) is 4.74 Å². The van der Waals surface area contributed by atoms with Gasteiger partial charge in [0.15, 0.2) is 6.61 Å². The summed E-state index contributed by atoms with van der Waals surface area (Å²) >= 11 is 0. The number of hydrogen-bond acceptors (Lipinski definition) is 4. The van der Waals surface area contributed by atoms with E-state index in [1.807, 2.05) is 13.8 Å². The van der Waals surface area contributed by atoms with Crippen molar-refractivity contribution in [1.82, 2.24) is 5.32 Å². The smallest absolute Gasteiger partial charge is 0.405 e. The molecule has 0 aliphatic carbocycles. The molecule has 0 rings (SSSR count). The number of carbonyl (C=O) groups is 2. The van der Waals surface area contributed by atoms with Gasteiger partial charge in [0.05, 0.1) is 6.10 Å². The Morgan fingerprint density at radius 3 is 2.54 bits per heavy atom. The quantitative estimate of drug-likeness (QED) is 0.576. The SMILES string of the molecule is CC(C)OCNC(=O)COC(N)=O. The van der Waals surface area contributed by atoms with E-state index in [1.54, 1.807) is 0 Å².